The van der Waals surface area contributed by atoms with Crippen molar-refractivity contribution in [2.24, 2.45) is 0 Å². The highest BCUT2D eigenvalue weighted by atomic mass is 16.3. The predicted octanol–water partition coefficient (Wildman–Crippen LogP) is 0.276. The van der Waals surface area contributed by atoms with Crippen molar-refractivity contribution in [1.82, 2.24) is 4.90 Å². The average Bonchev–Trinajstić information content (AvgIpc) is 2.58. The van der Waals surface area contributed by atoms with Gasteiger partial charge in [-0.2, -0.15) is 0 Å². The zero-order valence-electron chi connectivity index (χ0n) is 13.7. The predicted molar refractivity (Wildman–Crippen MR) is 90.1 cm³/mol. The molecule has 0 unspecified atom stereocenters. The fourth-order valence-electron chi connectivity index (χ4n) is 2.58. The number of benzene rings is 2. The zero-order chi connectivity index (χ0) is 19.4. The molecule has 0 aliphatic carbocycles. The number of aliphatic hydroxyl groups is 2. The number of hydrogen-bond donors (Lipinski definition) is 8. The molecule has 0 atom stereocenters. The first-order valence-corrected chi connectivity index (χ1v) is 7.70. The molecule has 0 saturated carbocycles. The van der Waals surface area contributed by atoms with E-state index in [0.29, 0.717) is 11.1 Å². The molecule has 9 heteroatoms. The third-order valence-corrected chi connectivity index (χ3v) is 3.97. The molecule has 8 N–H and O–H groups in total. The molecule has 0 amide bonds. The number of hydrogen-bond acceptors (Lipinski definition) is 9. The van der Waals surface area contributed by atoms with Crippen LogP contribution in [0.2, 0.25) is 0 Å². The number of phenols is 6. The van der Waals surface area contributed by atoms with E-state index in [4.69, 9.17) is 0 Å². The second kappa shape index (κ2) is 8.00. The Morgan fingerprint density at radius 1 is 0.615 bits per heavy atom. The highest BCUT2D eigenvalue weighted by molar-refractivity contribution is 5.52. The number of rotatable bonds is 7. The zero-order valence-corrected chi connectivity index (χ0v) is 13.7. The van der Waals surface area contributed by atoms with Gasteiger partial charge in [0.25, 0.3) is 0 Å². The highest BCUT2D eigenvalue weighted by Crippen LogP contribution is 2.37. The van der Waals surface area contributed by atoms with E-state index in [1.165, 1.54) is 24.3 Å². The van der Waals surface area contributed by atoms with E-state index in [1.54, 1.807) is 4.90 Å². The summed E-state index contributed by atoms with van der Waals surface area (Å²) in [4.78, 5) is 1.57. The lowest BCUT2D eigenvalue weighted by molar-refractivity contribution is 0.0631. The smallest absolute Gasteiger partial charge is 0.200 e. The molecule has 2 aromatic rings. The molecule has 0 aromatic heterocycles. The average molecular weight is 367 g/mol. The lowest BCUT2D eigenvalue weighted by Crippen LogP contribution is -2.39. The summed E-state index contributed by atoms with van der Waals surface area (Å²) in [7, 11) is 0. The molecule has 2 aromatic carbocycles. The van der Waals surface area contributed by atoms with Gasteiger partial charge in [0.1, 0.15) is 0 Å². The second-order valence-corrected chi connectivity index (χ2v) is 5.89. The van der Waals surface area contributed by atoms with E-state index in [-0.39, 0.29) is 13.1 Å². The summed E-state index contributed by atoms with van der Waals surface area (Å²) in [5.41, 5.74) is 0.772. The number of aliphatic hydroxyl groups excluding tert-OH is 2. The Morgan fingerprint density at radius 2 is 0.923 bits per heavy atom. The van der Waals surface area contributed by atoms with Gasteiger partial charge in [-0.25, -0.2) is 0 Å². The first-order valence-electron chi connectivity index (χ1n) is 7.70. The molecular formula is C17H21NO8. The first-order chi connectivity index (χ1) is 12.3. The van der Waals surface area contributed by atoms with E-state index in [0.717, 1.165) is 0 Å². The van der Waals surface area contributed by atoms with E-state index < -0.39 is 53.8 Å². The van der Waals surface area contributed by atoms with Crippen LogP contribution in [0.3, 0.4) is 0 Å². The molecule has 0 saturated heterocycles. The third-order valence-electron chi connectivity index (χ3n) is 3.97. The van der Waals surface area contributed by atoms with E-state index in [9.17, 15) is 40.9 Å². The minimum Gasteiger partial charge on any atom is -0.504 e. The third kappa shape index (κ3) is 4.20. The maximum Gasteiger partial charge on any atom is 0.200 e. The molecule has 2 rings (SSSR count). The van der Waals surface area contributed by atoms with Crippen molar-refractivity contribution in [3.63, 3.8) is 0 Å². The minimum atomic E-state index is -0.717. The molecule has 0 aliphatic rings. The van der Waals surface area contributed by atoms with Crippen molar-refractivity contribution >= 4 is 0 Å². The van der Waals surface area contributed by atoms with Crippen molar-refractivity contribution in [1.29, 1.82) is 0 Å². The Kier molecular flexibility index (Phi) is 5.98. The molecule has 0 radical (unpaired) electrons. The maximum atomic E-state index is 9.62. The summed E-state index contributed by atoms with van der Waals surface area (Å²) in [6, 6.07) is 4.17. The standard InChI is InChI=1S/C17H21NO8/c19-7-11(8-20)18(5-9-1-12(21)16(25)13(22)2-9)6-10-3-14(23)17(26)15(24)4-10/h1-4,11,19-26H,5-8H2. The van der Waals surface area contributed by atoms with Gasteiger partial charge < -0.3 is 40.9 Å². The summed E-state index contributed by atoms with van der Waals surface area (Å²) in [5.74, 6) is -3.41. The molecule has 0 fully saturated rings. The fourth-order valence-corrected chi connectivity index (χ4v) is 2.58. The van der Waals surface area contributed by atoms with Crippen LogP contribution in [0.5, 0.6) is 34.5 Å². The van der Waals surface area contributed by atoms with Crippen molar-refractivity contribution in [3.8, 4) is 34.5 Å². The van der Waals surface area contributed by atoms with Crippen LogP contribution in [-0.2, 0) is 13.1 Å². The molecule has 26 heavy (non-hydrogen) atoms. The summed E-state index contributed by atoms with van der Waals surface area (Å²) in [6.45, 7) is -0.698. The monoisotopic (exact) mass is 367 g/mol. The van der Waals surface area contributed by atoms with Crippen molar-refractivity contribution in [2.45, 2.75) is 19.1 Å². The topological polar surface area (TPSA) is 165 Å². The summed E-state index contributed by atoms with van der Waals surface area (Å²) in [6.07, 6.45) is 0. The molecule has 0 aliphatic heterocycles. The molecule has 9 nitrogen and oxygen atoms in total. The van der Waals surface area contributed by atoms with Crippen LogP contribution in [0.25, 0.3) is 0 Å². The molecule has 142 valence electrons. The van der Waals surface area contributed by atoms with Crippen molar-refractivity contribution in [3.05, 3.63) is 35.4 Å². The quantitative estimate of drug-likeness (QED) is 0.321. The van der Waals surface area contributed by atoms with E-state index >= 15 is 0 Å². The van der Waals surface area contributed by atoms with Crippen molar-refractivity contribution in [2.75, 3.05) is 13.2 Å². The molecule has 0 bridgehead atoms. The molecule has 0 spiro atoms. The Bertz CT molecular complexity index is 670. The van der Waals surface area contributed by atoms with Gasteiger partial charge in [-0.15, -0.1) is 0 Å². The minimum absolute atomic E-state index is 0.0512. The van der Waals surface area contributed by atoms with Crippen LogP contribution in [0, 0.1) is 0 Å². The van der Waals surface area contributed by atoms with Gasteiger partial charge in [0.05, 0.1) is 19.3 Å². The van der Waals surface area contributed by atoms with Gasteiger partial charge in [-0.1, -0.05) is 0 Å². The van der Waals surface area contributed by atoms with Gasteiger partial charge in [-0.05, 0) is 35.4 Å². The Morgan fingerprint density at radius 3 is 1.19 bits per heavy atom. The number of phenolic OH excluding ortho intramolecular Hbond substituents is 6. The van der Waals surface area contributed by atoms with Crippen LogP contribution in [-0.4, -0.2) is 65.0 Å². The molecular weight excluding hydrogens is 346 g/mol. The maximum absolute atomic E-state index is 9.62. The lowest BCUT2D eigenvalue weighted by atomic mass is 10.1. The van der Waals surface area contributed by atoms with E-state index in [2.05, 4.69) is 0 Å². The van der Waals surface area contributed by atoms with Gasteiger partial charge in [0.15, 0.2) is 34.5 Å². The van der Waals surface area contributed by atoms with Gasteiger partial charge in [0, 0.05) is 13.1 Å². The SMILES string of the molecule is OCC(CO)N(Cc1cc(O)c(O)c(O)c1)Cc1cc(O)c(O)c(O)c1. The summed E-state index contributed by atoms with van der Waals surface area (Å²) < 4.78 is 0. The van der Waals surface area contributed by atoms with Gasteiger partial charge in [-0.3, -0.25) is 4.90 Å². The first kappa shape index (κ1) is 19.4. The normalized spacial score (nSPS) is 11.4. The fraction of sp³-hybridized carbons (Fsp3) is 0.294. The highest BCUT2D eigenvalue weighted by Gasteiger charge is 2.20. The van der Waals surface area contributed by atoms with Crippen LogP contribution >= 0.6 is 0 Å². The Balaban J connectivity index is 2.32. The van der Waals surface area contributed by atoms with Gasteiger partial charge in [0.2, 0.25) is 0 Å². The molecule has 0 heterocycles. The number of aromatic hydroxyl groups is 6. The van der Waals surface area contributed by atoms with E-state index in [1.807, 2.05) is 0 Å². The van der Waals surface area contributed by atoms with Crippen LogP contribution in [0.1, 0.15) is 11.1 Å². The van der Waals surface area contributed by atoms with Gasteiger partial charge >= 0.3 is 0 Å². The lowest BCUT2D eigenvalue weighted by Gasteiger charge is -2.29. The second-order valence-electron chi connectivity index (χ2n) is 5.89. The largest absolute Gasteiger partial charge is 0.504 e. The Labute approximate surface area is 148 Å². The number of nitrogens with zero attached hydrogens (tertiary/aromatic N) is 1. The Hall–Kier alpha value is -2.88. The summed E-state index contributed by atoms with van der Waals surface area (Å²) >= 11 is 0. The van der Waals surface area contributed by atoms with Crippen LogP contribution < -0.4 is 0 Å². The summed E-state index contributed by atoms with van der Waals surface area (Å²) in [5, 5.41) is 76.3. The van der Waals surface area contributed by atoms with Crippen molar-refractivity contribution < 1.29 is 40.9 Å². The van der Waals surface area contributed by atoms with Crippen LogP contribution in [0.15, 0.2) is 24.3 Å². The van der Waals surface area contributed by atoms with Crippen LogP contribution in [0.4, 0.5) is 0 Å².